The van der Waals surface area contributed by atoms with E-state index in [0.29, 0.717) is 11.5 Å². The van der Waals surface area contributed by atoms with E-state index < -0.39 is 13.4 Å². The highest BCUT2D eigenvalue weighted by atomic mass is 16.6. The number of benzene rings is 1. The molecule has 0 saturated carbocycles. The van der Waals surface area contributed by atoms with Crippen LogP contribution >= 0.6 is 0 Å². The molecular weight excluding hydrogens is 239 g/mol. The SMILES string of the molecule is CCOC(O)c1cc(OC)c(OC)cc1B(O)O. The first-order valence-electron chi connectivity index (χ1n) is 5.46. The lowest BCUT2D eigenvalue weighted by Crippen LogP contribution is -2.34. The molecule has 1 aromatic rings. The second kappa shape index (κ2) is 6.60. The van der Waals surface area contributed by atoms with E-state index in [4.69, 9.17) is 14.2 Å². The van der Waals surface area contributed by atoms with Gasteiger partial charge in [-0.05, 0) is 24.5 Å². The van der Waals surface area contributed by atoms with Crippen LogP contribution < -0.4 is 14.9 Å². The van der Waals surface area contributed by atoms with Crippen molar-refractivity contribution in [1.29, 1.82) is 0 Å². The zero-order valence-corrected chi connectivity index (χ0v) is 10.6. The lowest BCUT2D eigenvalue weighted by molar-refractivity contribution is -0.0975. The second-order valence-corrected chi connectivity index (χ2v) is 3.52. The summed E-state index contributed by atoms with van der Waals surface area (Å²) in [6.45, 7) is 2.01. The predicted octanol–water partition coefficient (Wildman–Crippen LogP) is -0.589. The summed E-state index contributed by atoms with van der Waals surface area (Å²) in [5.41, 5.74) is 0.332. The van der Waals surface area contributed by atoms with Crippen LogP contribution in [0.15, 0.2) is 12.1 Å². The van der Waals surface area contributed by atoms with E-state index in [0.717, 1.165) is 0 Å². The van der Waals surface area contributed by atoms with Crippen LogP contribution in [0.1, 0.15) is 18.8 Å². The average molecular weight is 256 g/mol. The number of ether oxygens (including phenoxy) is 3. The van der Waals surface area contributed by atoms with Gasteiger partial charge in [0.25, 0.3) is 0 Å². The Balaban J connectivity index is 3.28. The van der Waals surface area contributed by atoms with Crippen LogP contribution in [0, 0.1) is 0 Å². The van der Waals surface area contributed by atoms with Gasteiger partial charge in [-0.15, -0.1) is 0 Å². The van der Waals surface area contributed by atoms with Crippen LogP contribution in [-0.4, -0.2) is 43.1 Å². The number of rotatable bonds is 6. The number of aliphatic hydroxyl groups excluding tert-OH is 1. The molecule has 0 spiro atoms. The maximum absolute atomic E-state index is 9.79. The van der Waals surface area contributed by atoms with Gasteiger partial charge in [0, 0.05) is 12.2 Å². The van der Waals surface area contributed by atoms with Crippen LogP contribution in [0.4, 0.5) is 0 Å². The smallest absolute Gasteiger partial charge is 0.489 e. The molecule has 0 heterocycles. The number of methoxy groups -OCH3 is 2. The molecule has 0 aliphatic heterocycles. The van der Waals surface area contributed by atoms with Gasteiger partial charge in [0.15, 0.2) is 17.8 Å². The van der Waals surface area contributed by atoms with Gasteiger partial charge in [-0.1, -0.05) is 0 Å². The molecule has 1 aromatic carbocycles. The molecule has 0 bridgehead atoms. The minimum atomic E-state index is -1.74. The minimum Gasteiger partial charge on any atom is -0.493 e. The van der Waals surface area contributed by atoms with Crippen LogP contribution in [0.2, 0.25) is 0 Å². The van der Waals surface area contributed by atoms with Crippen molar-refractivity contribution in [3.8, 4) is 11.5 Å². The molecule has 1 atom stereocenters. The Morgan fingerprint density at radius 3 is 2.17 bits per heavy atom. The summed E-state index contributed by atoms with van der Waals surface area (Å²) in [6, 6.07) is 2.84. The topological polar surface area (TPSA) is 88.4 Å². The van der Waals surface area contributed by atoms with Gasteiger partial charge >= 0.3 is 7.12 Å². The fourth-order valence-corrected chi connectivity index (χ4v) is 1.60. The number of hydrogen-bond donors (Lipinski definition) is 3. The van der Waals surface area contributed by atoms with Crippen molar-refractivity contribution in [3.63, 3.8) is 0 Å². The third-order valence-electron chi connectivity index (χ3n) is 2.46. The zero-order chi connectivity index (χ0) is 13.7. The Morgan fingerprint density at radius 1 is 1.17 bits per heavy atom. The van der Waals surface area contributed by atoms with Crippen LogP contribution in [0.25, 0.3) is 0 Å². The highest BCUT2D eigenvalue weighted by Gasteiger charge is 2.24. The first-order chi connectivity index (χ1) is 8.54. The molecule has 0 fully saturated rings. The van der Waals surface area contributed by atoms with Gasteiger partial charge in [-0.3, -0.25) is 0 Å². The quantitative estimate of drug-likeness (QED) is 0.465. The van der Waals surface area contributed by atoms with Crippen LogP contribution in [0.5, 0.6) is 11.5 Å². The second-order valence-electron chi connectivity index (χ2n) is 3.52. The maximum Gasteiger partial charge on any atom is 0.489 e. The molecule has 100 valence electrons. The Hall–Kier alpha value is -1.28. The lowest BCUT2D eigenvalue weighted by atomic mass is 9.76. The molecule has 7 heteroatoms. The summed E-state index contributed by atoms with van der Waals surface area (Å²) in [5, 5.41) is 28.4. The van der Waals surface area contributed by atoms with Crippen LogP contribution in [0.3, 0.4) is 0 Å². The zero-order valence-electron chi connectivity index (χ0n) is 10.6. The van der Waals surface area contributed by atoms with Crippen molar-refractivity contribution in [2.24, 2.45) is 0 Å². The molecule has 0 aliphatic rings. The third kappa shape index (κ3) is 3.14. The van der Waals surface area contributed by atoms with E-state index in [-0.39, 0.29) is 17.6 Å². The van der Waals surface area contributed by atoms with Gasteiger partial charge in [0.05, 0.1) is 14.2 Å². The number of aliphatic hydroxyl groups is 1. The van der Waals surface area contributed by atoms with Crippen molar-refractivity contribution in [2.45, 2.75) is 13.2 Å². The number of hydrogen-bond acceptors (Lipinski definition) is 6. The van der Waals surface area contributed by atoms with Crippen molar-refractivity contribution >= 4 is 12.6 Å². The molecule has 0 amide bonds. The predicted molar refractivity (Wildman–Crippen MR) is 66.0 cm³/mol. The minimum absolute atomic E-state index is 0.105. The van der Waals surface area contributed by atoms with Crippen molar-refractivity contribution in [3.05, 3.63) is 17.7 Å². The summed E-state index contributed by atoms with van der Waals surface area (Å²) in [5.74, 6) is 0.712. The maximum atomic E-state index is 9.79. The first kappa shape index (κ1) is 14.8. The van der Waals surface area contributed by atoms with Gasteiger partial charge in [0.2, 0.25) is 0 Å². The van der Waals surface area contributed by atoms with Gasteiger partial charge < -0.3 is 29.4 Å². The molecule has 0 saturated heterocycles. The van der Waals surface area contributed by atoms with E-state index in [1.807, 2.05) is 0 Å². The molecule has 6 nitrogen and oxygen atoms in total. The summed E-state index contributed by atoms with van der Waals surface area (Å²) in [6.07, 6.45) is -1.26. The fourth-order valence-electron chi connectivity index (χ4n) is 1.60. The van der Waals surface area contributed by atoms with E-state index in [2.05, 4.69) is 0 Å². The summed E-state index contributed by atoms with van der Waals surface area (Å²) < 4.78 is 15.2. The summed E-state index contributed by atoms with van der Waals surface area (Å²) in [4.78, 5) is 0. The third-order valence-corrected chi connectivity index (χ3v) is 2.46. The fraction of sp³-hybridized carbons (Fsp3) is 0.455. The Labute approximate surface area is 106 Å². The Morgan fingerprint density at radius 2 is 1.72 bits per heavy atom. The van der Waals surface area contributed by atoms with Crippen molar-refractivity contribution < 1.29 is 29.4 Å². The van der Waals surface area contributed by atoms with E-state index >= 15 is 0 Å². The summed E-state index contributed by atoms with van der Waals surface area (Å²) in [7, 11) is 1.14. The molecular formula is C11H17BO6. The van der Waals surface area contributed by atoms with Crippen molar-refractivity contribution in [1.82, 2.24) is 0 Å². The first-order valence-corrected chi connectivity index (χ1v) is 5.46. The van der Waals surface area contributed by atoms with E-state index in [1.54, 1.807) is 6.92 Å². The van der Waals surface area contributed by atoms with E-state index in [9.17, 15) is 15.2 Å². The highest BCUT2D eigenvalue weighted by Crippen LogP contribution is 2.29. The van der Waals surface area contributed by atoms with Gasteiger partial charge in [0.1, 0.15) is 0 Å². The van der Waals surface area contributed by atoms with Gasteiger partial charge in [-0.25, -0.2) is 0 Å². The van der Waals surface area contributed by atoms with E-state index in [1.165, 1.54) is 26.4 Å². The largest absolute Gasteiger partial charge is 0.493 e. The molecule has 0 aliphatic carbocycles. The summed E-state index contributed by atoms with van der Waals surface area (Å²) >= 11 is 0. The van der Waals surface area contributed by atoms with Crippen molar-refractivity contribution in [2.75, 3.05) is 20.8 Å². The molecule has 0 aromatic heterocycles. The van der Waals surface area contributed by atoms with Crippen LogP contribution in [-0.2, 0) is 4.74 Å². The standard InChI is InChI=1S/C11H17BO6/c1-4-18-11(13)7-5-9(16-2)10(17-3)6-8(7)12(14)15/h5-6,11,13-15H,4H2,1-3H3. The normalized spacial score (nSPS) is 12.1. The Kier molecular flexibility index (Phi) is 5.42. The monoisotopic (exact) mass is 256 g/mol. The molecule has 18 heavy (non-hydrogen) atoms. The molecule has 3 N–H and O–H groups in total. The Bertz CT molecular complexity index is 395. The molecule has 1 unspecified atom stereocenters. The average Bonchev–Trinajstić information content (AvgIpc) is 2.37. The van der Waals surface area contributed by atoms with Gasteiger partial charge in [-0.2, -0.15) is 0 Å². The molecule has 1 rings (SSSR count). The lowest BCUT2D eigenvalue weighted by Gasteiger charge is -2.18. The molecule has 0 radical (unpaired) electrons. The highest BCUT2D eigenvalue weighted by molar-refractivity contribution is 6.59.